The highest BCUT2D eigenvalue weighted by Crippen LogP contribution is 2.14. The maximum atomic E-state index is 10.1. The first-order valence-electron chi connectivity index (χ1n) is 7.25. The highest BCUT2D eigenvalue weighted by atomic mass is 16.7. The van der Waals surface area contributed by atoms with Crippen LogP contribution in [0, 0.1) is 0 Å². The van der Waals surface area contributed by atoms with Crippen LogP contribution in [0.1, 0.15) is 57.8 Å². The highest BCUT2D eigenvalue weighted by Gasteiger charge is 2.12. The van der Waals surface area contributed by atoms with E-state index in [-0.39, 0.29) is 6.29 Å². The molecule has 0 aromatic carbocycles. The monoisotopic (exact) mass is 254 g/mol. The van der Waals surface area contributed by atoms with Gasteiger partial charge in [-0.05, 0) is 44.9 Å². The molecule has 104 valence electrons. The second-order valence-electron chi connectivity index (χ2n) is 4.73. The van der Waals surface area contributed by atoms with Gasteiger partial charge >= 0.3 is 0 Å². The average Bonchev–Trinajstić information content (AvgIpc) is 2.42. The van der Waals surface area contributed by atoms with Gasteiger partial charge in [-0.3, -0.25) is 0 Å². The van der Waals surface area contributed by atoms with Gasteiger partial charge in [0.15, 0.2) is 6.29 Å². The normalized spacial score (nSPS) is 20.3. The zero-order valence-corrected chi connectivity index (χ0v) is 11.3. The fourth-order valence-electron chi connectivity index (χ4n) is 2.00. The molecule has 1 atom stereocenters. The third-order valence-corrected chi connectivity index (χ3v) is 3.07. The molecule has 1 unspecified atom stereocenters. The molecule has 1 aliphatic heterocycles. The molecule has 3 heteroatoms. The SMILES string of the molecule is O=CCC/C=C\CCCCCOC1CCCCO1. The number of carbonyl (C=O) groups excluding carboxylic acids is 1. The van der Waals surface area contributed by atoms with E-state index in [0.717, 1.165) is 45.2 Å². The summed E-state index contributed by atoms with van der Waals surface area (Å²) in [5, 5.41) is 0. The Morgan fingerprint density at radius 1 is 1.06 bits per heavy atom. The first-order valence-corrected chi connectivity index (χ1v) is 7.25. The molecule has 1 rings (SSSR count). The van der Waals surface area contributed by atoms with Gasteiger partial charge in [-0.25, -0.2) is 0 Å². The minimum atomic E-state index is 0.0574. The lowest BCUT2D eigenvalue weighted by Gasteiger charge is -2.22. The summed E-state index contributed by atoms with van der Waals surface area (Å²) in [5.41, 5.74) is 0. The quantitative estimate of drug-likeness (QED) is 0.339. The van der Waals surface area contributed by atoms with Crippen molar-refractivity contribution in [3.63, 3.8) is 0 Å². The lowest BCUT2D eigenvalue weighted by atomic mass is 10.2. The number of ether oxygens (including phenoxy) is 2. The molecular weight excluding hydrogens is 228 g/mol. The van der Waals surface area contributed by atoms with Crippen LogP contribution < -0.4 is 0 Å². The zero-order valence-electron chi connectivity index (χ0n) is 11.3. The molecular formula is C15H26O3. The van der Waals surface area contributed by atoms with Gasteiger partial charge in [0.05, 0.1) is 0 Å². The minimum Gasteiger partial charge on any atom is -0.353 e. The van der Waals surface area contributed by atoms with Crippen molar-refractivity contribution < 1.29 is 14.3 Å². The molecule has 18 heavy (non-hydrogen) atoms. The van der Waals surface area contributed by atoms with Crippen LogP contribution in [-0.4, -0.2) is 25.8 Å². The summed E-state index contributed by atoms with van der Waals surface area (Å²) >= 11 is 0. The van der Waals surface area contributed by atoms with E-state index in [1.165, 1.54) is 25.7 Å². The third-order valence-electron chi connectivity index (χ3n) is 3.07. The fraction of sp³-hybridized carbons (Fsp3) is 0.800. The third kappa shape index (κ3) is 8.43. The van der Waals surface area contributed by atoms with E-state index in [4.69, 9.17) is 9.47 Å². The maximum absolute atomic E-state index is 10.1. The van der Waals surface area contributed by atoms with E-state index in [2.05, 4.69) is 12.2 Å². The summed E-state index contributed by atoms with van der Waals surface area (Å²) in [4.78, 5) is 10.1. The Balaban J connectivity index is 1.80. The number of allylic oxidation sites excluding steroid dienone is 2. The Morgan fingerprint density at radius 2 is 1.94 bits per heavy atom. The summed E-state index contributed by atoms with van der Waals surface area (Å²) in [6.07, 6.45) is 14.9. The van der Waals surface area contributed by atoms with Crippen LogP contribution >= 0.6 is 0 Å². The Labute approximate surface area is 111 Å². The van der Waals surface area contributed by atoms with Crippen LogP contribution in [0.3, 0.4) is 0 Å². The van der Waals surface area contributed by atoms with Gasteiger partial charge in [0, 0.05) is 19.6 Å². The first-order chi connectivity index (χ1) is 8.93. The maximum Gasteiger partial charge on any atom is 0.157 e. The van der Waals surface area contributed by atoms with Crippen molar-refractivity contribution in [2.24, 2.45) is 0 Å². The fourth-order valence-corrected chi connectivity index (χ4v) is 2.00. The van der Waals surface area contributed by atoms with Gasteiger partial charge < -0.3 is 14.3 Å². The molecule has 0 aliphatic carbocycles. The van der Waals surface area contributed by atoms with Gasteiger partial charge in [0.2, 0.25) is 0 Å². The van der Waals surface area contributed by atoms with Crippen LogP contribution in [0.2, 0.25) is 0 Å². The zero-order chi connectivity index (χ0) is 12.9. The Kier molecular flexibility index (Phi) is 9.76. The summed E-state index contributed by atoms with van der Waals surface area (Å²) in [5.74, 6) is 0. The standard InChI is InChI=1S/C15H26O3/c16-12-8-5-3-1-2-4-6-9-13-17-15-11-7-10-14-18-15/h1,3,12,15H,2,4-11,13-14H2/b3-1-. The molecule has 0 amide bonds. The van der Waals surface area contributed by atoms with Gasteiger partial charge in [0.25, 0.3) is 0 Å². The molecule has 0 saturated carbocycles. The van der Waals surface area contributed by atoms with Crippen molar-refractivity contribution in [2.45, 2.75) is 64.1 Å². The Morgan fingerprint density at radius 3 is 2.72 bits per heavy atom. The average molecular weight is 254 g/mol. The Bertz CT molecular complexity index is 220. The second-order valence-corrected chi connectivity index (χ2v) is 4.73. The minimum absolute atomic E-state index is 0.0574. The van der Waals surface area contributed by atoms with E-state index in [1.54, 1.807) is 0 Å². The van der Waals surface area contributed by atoms with Crippen molar-refractivity contribution >= 4 is 6.29 Å². The van der Waals surface area contributed by atoms with Crippen LogP contribution in [-0.2, 0) is 14.3 Å². The Hall–Kier alpha value is -0.670. The topological polar surface area (TPSA) is 35.5 Å². The van der Waals surface area contributed by atoms with Crippen molar-refractivity contribution in [2.75, 3.05) is 13.2 Å². The molecule has 1 heterocycles. The second kappa shape index (κ2) is 11.4. The van der Waals surface area contributed by atoms with Gasteiger partial charge in [-0.1, -0.05) is 18.6 Å². The number of unbranched alkanes of at least 4 members (excludes halogenated alkanes) is 4. The molecule has 0 aromatic heterocycles. The molecule has 0 radical (unpaired) electrons. The molecule has 1 fully saturated rings. The molecule has 0 N–H and O–H groups in total. The van der Waals surface area contributed by atoms with E-state index < -0.39 is 0 Å². The van der Waals surface area contributed by atoms with Gasteiger partial charge in [-0.15, -0.1) is 0 Å². The van der Waals surface area contributed by atoms with Crippen LogP contribution in [0.25, 0.3) is 0 Å². The molecule has 1 aliphatic rings. The number of hydrogen-bond donors (Lipinski definition) is 0. The first kappa shape index (κ1) is 15.4. The van der Waals surface area contributed by atoms with Crippen molar-refractivity contribution in [1.29, 1.82) is 0 Å². The van der Waals surface area contributed by atoms with Crippen molar-refractivity contribution in [3.05, 3.63) is 12.2 Å². The number of hydrogen-bond acceptors (Lipinski definition) is 3. The molecule has 0 aromatic rings. The number of aldehydes is 1. The molecule has 3 nitrogen and oxygen atoms in total. The molecule has 0 spiro atoms. The van der Waals surface area contributed by atoms with Gasteiger partial charge in [-0.2, -0.15) is 0 Å². The van der Waals surface area contributed by atoms with E-state index in [1.807, 2.05) is 0 Å². The lowest BCUT2D eigenvalue weighted by Crippen LogP contribution is -2.22. The summed E-state index contributed by atoms with van der Waals surface area (Å²) < 4.78 is 11.2. The predicted octanol–water partition coefficient (Wildman–Crippen LogP) is 3.63. The molecule has 1 saturated heterocycles. The van der Waals surface area contributed by atoms with Gasteiger partial charge in [0.1, 0.15) is 6.29 Å². The van der Waals surface area contributed by atoms with Crippen LogP contribution in [0.5, 0.6) is 0 Å². The van der Waals surface area contributed by atoms with Crippen LogP contribution in [0.15, 0.2) is 12.2 Å². The van der Waals surface area contributed by atoms with Crippen molar-refractivity contribution in [3.8, 4) is 0 Å². The number of rotatable bonds is 10. The predicted molar refractivity (Wildman–Crippen MR) is 72.4 cm³/mol. The van der Waals surface area contributed by atoms with Crippen molar-refractivity contribution in [1.82, 2.24) is 0 Å². The summed E-state index contributed by atoms with van der Waals surface area (Å²) in [6, 6.07) is 0. The van der Waals surface area contributed by atoms with Crippen LogP contribution in [0.4, 0.5) is 0 Å². The molecule has 0 bridgehead atoms. The number of carbonyl (C=O) groups is 1. The smallest absolute Gasteiger partial charge is 0.157 e. The van der Waals surface area contributed by atoms with E-state index in [9.17, 15) is 4.79 Å². The highest BCUT2D eigenvalue weighted by molar-refractivity contribution is 5.49. The summed E-state index contributed by atoms with van der Waals surface area (Å²) in [7, 11) is 0. The van der Waals surface area contributed by atoms with E-state index >= 15 is 0 Å². The lowest BCUT2D eigenvalue weighted by molar-refractivity contribution is -0.162. The largest absolute Gasteiger partial charge is 0.353 e. The van der Waals surface area contributed by atoms with E-state index in [0.29, 0.717) is 6.42 Å². The summed E-state index contributed by atoms with van der Waals surface area (Å²) in [6.45, 7) is 1.68.